The molecule has 0 bridgehead atoms. The van der Waals surface area contributed by atoms with Gasteiger partial charge in [-0.25, -0.2) is 17.4 Å². The van der Waals surface area contributed by atoms with Crippen LogP contribution in [-0.4, -0.2) is 41.7 Å². The predicted molar refractivity (Wildman–Crippen MR) is 140 cm³/mol. The maximum Gasteiger partial charge on any atom is 0.268 e. The molecule has 0 spiro atoms. The first-order valence-corrected chi connectivity index (χ1v) is 16.6. The number of fused-ring (bicyclic) bond motifs is 1. The van der Waals surface area contributed by atoms with Gasteiger partial charge in [-0.05, 0) is 58.5 Å². The first-order valence-electron chi connectivity index (χ1n) is 10.5. The minimum Gasteiger partial charge on any atom is -0.492 e. The van der Waals surface area contributed by atoms with E-state index < -0.39 is 18.1 Å². The average molecular weight is 596 g/mol. The van der Waals surface area contributed by atoms with Crippen LogP contribution in [0, 0.1) is 3.57 Å². The molecule has 0 aliphatic heterocycles. The highest BCUT2D eigenvalue weighted by molar-refractivity contribution is 14.1. The van der Waals surface area contributed by atoms with Crippen LogP contribution in [0.3, 0.4) is 0 Å². The molecule has 2 aromatic carbocycles. The largest absolute Gasteiger partial charge is 0.492 e. The fourth-order valence-electron chi connectivity index (χ4n) is 3.88. The van der Waals surface area contributed by atoms with Crippen molar-refractivity contribution in [1.82, 2.24) is 13.5 Å². The van der Waals surface area contributed by atoms with Gasteiger partial charge in [-0.15, -0.1) is 0 Å². The van der Waals surface area contributed by atoms with Crippen molar-refractivity contribution in [3.63, 3.8) is 0 Å². The highest BCUT2D eigenvalue weighted by Gasteiger charge is 2.33. The summed E-state index contributed by atoms with van der Waals surface area (Å²) in [5, 5.41) is 10.4. The molecule has 0 saturated carbocycles. The van der Waals surface area contributed by atoms with Gasteiger partial charge < -0.3 is 14.4 Å². The van der Waals surface area contributed by atoms with Gasteiger partial charge in [-0.2, -0.15) is 0 Å². The Balaban J connectivity index is 1.78. The monoisotopic (exact) mass is 595 g/mol. The van der Waals surface area contributed by atoms with E-state index in [-0.39, 0.29) is 23.0 Å². The Morgan fingerprint density at radius 1 is 1.12 bits per heavy atom. The topological polar surface area (TPSA) is 86.3 Å². The molecular formula is C23H26IN3O4SSi. The van der Waals surface area contributed by atoms with Crippen molar-refractivity contribution in [1.29, 1.82) is 0 Å². The van der Waals surface area contributed by atoms with Gasteiger partial charge >= 0.3 is 0 Å². The quantitative estimate of drug-likeness (QED) is 0.229. The van der Waals surface area contributed by atoms with E-state index in [0.717, 1.165) is 14.5 Å². The minimum atomic E-state index is -3.75. The second kappa shape index (κ2) is 9.24. The number of aromatic hydroxyl groups is 1. The predicted octanol–water partition coefficient (Wildman–Crippen LogP) is 5.02. The normalized spacial score (nSPS) is 13.5. The van der Waals surface area contributed by atoms with Gasteiger partial charge in [0, 0.05) is 20.7 Å². The first kappa shape index (κ1) is 24.0. The van der Waals surface area contributed by atoms with E-state index in [1.807, 2.05) is 18.2 Å². The molecule has 0 aliphatic carbocycles. The first-order chi connectivity index (χ1) is 15.6. The van der Waals surface area contributed by atoms with Gasteiger partial charge in [-0.1, -0.05) is 37.8 Å². The SMILES string of the molecule is C[Si](C)(C)C(COCn1cnc(O)c1)c1cn(S(=O)(=O)c2ccccc2)c2ccc(I)cc12. The number of halogens is 1. The molecule has 174 valence electrons. The lowest BCUT2D eigenvalue weighted by Gasteiger charge is -2.29. The molecular weight excluding hydrogens is 569 g/mol. The van der Waals surface area contributed by atoms with Crippen LogP contribution in [0.1, 0.15) is 11.1 Å². The van der Waals surface area contributed by atoms with Crippen molar-refractivity contribution in [3.05, 3.63) is 76.4 Å². The molecule has 7 nitrogen and oxygen atoms in total. The maximum absolute atomic E-state index is 13.5. The lowest BCUT2D eigenvalue weighted by atomic mass is 10.1. The van der Waals surface area contributed by atoms with E-state index in [2.05, 4.69) is 47.2 Å². The molecule has 2 heterocycles. The summed E-state index contributed by atoms with van der Waals surface area (Å²) in [6.07, 6.45) is 4.79. The van der Waals surface area contributed by atoms with Gasteiger partial charge in [0.05, 0.1) is 31.3 Å². The molecule has 0 fully saturated rings. The molecule has 1 unspecified atom stereocenters. The Morgan fingerprint density at radius 2 is 1.85 bits per heavy atom. The Morgan fingerprint density at radius 3 is 2.48 bits per heavy atom. The van der Waals surface area contributed by atoms with Crippen LogP contribution < -0.4 is 0 Å². The van der Waals surface area contributed by atoms with Crippen LogP contribution in [0.4, 0.5) is 0 Å². The maximum atomic E-state index is 13.5. The van der Waals surface area contributed by atoms with Crippen LogP contribution in [0.15, 0.2) is 72.1 Å². The van der Waals surface area contributed by atoms with E-state index in [0.29, 0.717) is 12.1 Å². The molecule has 0 aliphatic rings. The minimum absolute atomic E-state index is 0.0517. The number of nitrogens with zero attached hydrogens (tertiary/aromatic N) is 3. The van der Waals surface area contributed by atoms with Gasteiger partial charge in [0.1, 0.15) is 13.1 Å². The van der Waals surface area contributed by atoms with Crippen molar-refractivity contribution in [2.45, 2.75) is 36.8 Å². The zero-order valence-electron chi connectivity index (χ0n) is 18.6. The number of aromatic nitrogens is 3. The fraction of sp³-hybridized carbons (Fsp3) is 0.261. The molecule has 0 radical (unpaired) electrons. The highest BCUT2D eigenvalue weighted by Crippen LogP contribution is 2.36. The fourth-order valence-corrected chi connectivity index (χ4v) is 7.55. The van der Waals surface area contributed by atoms with E-state index in [1.165, 1.54) is 16.5 Å². The Hall–Kier alpha value is -2.15. The van der Waals surface area contributed by atoms with E-state index in [9.17, 15) is 13.5 Å². The molecule has 4 aromatic rings. The summed E-state index contributed by atoms with van der Waals surface area (Å²) in [6, 6.07) is 14.3. The van der Waals surface area contributed by atoms with E-state index >= 15 is 0 Å². The molecule has 2 aromatic heterocycles. The van der Waals surface area contributed by atoms with Crippen LogP contribution in [0.2, 0.25) is 19.6 Å². The Labute approximate surface area is 208 Å². The zero-order valence-corrected chi connectivity index (χ0v) is 22.6. The molecule has 1 N–H and O–H groups in total. The standard InChI is InChI=1S/C23H26IN3O4SSi/c1-33(2,3)22(14-31-16-26-13-23(28)25-15-26)20-12-27(21-10-9-17(24)11-19(20)21)32(29,30)18-7-5-4-6-8-18/h4-13,15,22,28H,14,16H2,1-3H3. The molecule has 1 atom stereocenters. The molecule has 4 rings (SSSR count). The summed E-state index contributed by atoms with van der Waals surface area (Å²) in [5.41, 5.74) is 1.70. The zero-order chi connectivity index (χ0) is 23.8. The molecule has 33 heavy (non-hydrogen) atoms. The summed E-state index contributed by atoms with van der Waals surface area (Å²) in [6.45, 7) is 7.46. The summed E-state index contributed by atoms with van der Waals surface area (Å²) in [4.78, 5) is 4.06. The van der Waals surface area contributed by atoms with E-state index in [4.69, 9.17) is 4.74 Å². The molecule has 10 heteroatoms. The average Bonchev–Trinajstić information content (AvgIpc) is 3.34. The number of hydrogen-bond acceptors (Lipinski definition) is 5. The number of imidazole rings is 1. The van der Waals surface area contributed by atoms with Crippen molar-refractivity contribution in [2.75, 3.05) is 6.61 Å². The Bertz CT molecular complexity index is 1380. The smallest absolute Gasteiger partial charge is 0.268 e. The second-order valence-electron chi connectivity index (χ2n) is 9.02. The summed E-state index contributed by atoms with van der Waals surface area (Å²) in [5.74, 6) is -0.0517. The van der Waals surface area contributed by atoms with Crippen molar-refractivity contribution < 1.29 is 18.3 Å². The van der Waals surface area contributed by atoms with Crippen molar-refractivity contribution >= 4 is 51.6 Å². The van der Waals surface area contributed by atoms with Crippen LogP contribution in [-0.2, 0) is 21.5 Å². The van der Waals surface area contributed by atoms with Crippen LogP contribution in [0.5, 0.6) is 5.88 Å². The summed E-state index contributed by atoms with van der Waals surface area (Å²) < 4.78 is 37.2. The number of rotatable bonds is 8. The van der Waals surface area contributed by atoms with E-state index in [1.54, 1.807) is 41.1 Å². The Kier molecular flexibility index (Phi) is 6.72. The molecule has 0 amide bonds. The summed E-state index contributed by atoms with van der Waals surface area (Å²) in [7, 11) is -5.58. The third kappa shape index (κ3) is 5.03. The molecule has 0 saturated heterocycles. The van der Waals surface area contributed by atoms with Crippen LogP contribution >= 0.6 is 22.6 Å². The van der Waals surface area contributed by atoms with Gasteiger partial charge in [-0.3, -0.25) is 0 Å². The lowest BCUT2D eigenvalue weighted by molar-refractivity contribution is 0.0755. The number of benzene rings is 2. The van der Waals surface area contributed by atoms with Gasteiger partial charge in [0.25, 0.3) is 10.0 Å². The van der Waals surface area contributed by atoms with Gasteiger partial charge in [0.15, 0.2) is 0 Å². The second-order valence-corrected chi connectivity index (χ2v) is 17.5. The summed E-state index contributed by atoms with van der Waals surface area (Å²) >= 11 is 2.26. The number of ether oxygens (including phenoxy) is 1. The third-order valence-corrected chi connectivity index (χ3v) is 10.6. The third-order valence-electron chi connectivity index (χ3n) is 5.63. The highest BCUT2D eigenvalue weighted by atomic mass is 127. The van der Waals surface area contributed by atoms with Crippen LogP contribution in [0.25, 0.3) is 10.9 Å². The number of hydrogen-bond donors (Lipinski definition) is 1. The lowest BCUT2D eigenvalue weighted by Crippen LogP contribution is -2.34. The van der Waals surface area contributed by atoms with Crippen molar-refractivity contribution in [3.8, 4) is 5.88 Å². The van der Waals surface area contributed by atoms with Crippen molar-refractivity contribution in [2.24, 2.45) is 0 Å². The van der Waals surface area contributed by atoms with Gasteiger partial charge in [0.2, 0.25) is 5.88 Å².